The van der Waals surface area contributed by atoms with E-state index in [1.807, 2.05) is 6.92 Å². The normalized spacial score (nSPS) is 12.9. The van der Waals surface area contributed by atoms with Crippen molar-refractivity contribution in [3.63, 3.8) is 0 Å². The molecule has 1 atom stereocenters. The number of hydrogen-bond donors (Lipinski definition) is 1. The molecule has 92 valence electrons. The van der Waals surface area contributed by atoms with Gasteiger partial charge in [-0.3, -0.25) is 0 Å². The van der Waals surface area contributed by atoms with Crippen LogP contribution in [0.3, 0.4) is 0 Å². The van der Waals surface area contributed by atoms with Crippen molar-refractivity contribution in [2.75, 3.05) is 6.54 Å². The average molecular weight is 267 g/mol. The molecule has 0 bridgehead atoms. The van der Waals surface area contributed by atoms with E-state index in [1.165, 1.54) is 4.88 Å². The predicted octanol–water partition coefficient (Wildman–Crippen LogP) is 3.22. The molecule has 3 nitrogen and oxygen atoms in total. The van der Waals surface area contributed by atoms with Crippen LogP contribution in [0.25, 0.3) is 0 Å². The van der Waals surface area contributed by atoms with Gasteiger partial charge in [0.2, 0.25) is 0 Å². The van der Waals surface area contributed by atoms with E-state index < -0.39 is 0 Å². The minimum absolute atomic E-state index is 0.141. The minimum Gasteiger partial charge on any atom is -0.303 e. The molecule has 0 saturated heterocycles. The molecule has 0 amide bonds. The Bertz CT molecular complexity index is 482. The van der Waals surface area contributed by atoms with Crippen LogP contribution in [-0.2, 0) is 0 Å². The maximum Gasteiger partial charge on any atom is 0.116 e. The second-order valence-electron chi connectivity index (χ2n) is 3.98. The lowest BCUT2D eigenvalue weighted by molar-refractivity contribution is 0.613. The average Bonchev–Trinajstić information content (AvgIpc) is 2.83. The van der Waals surface area contributed by atoms with Gasteiger partial charge >= 0.3 is 0 Å². The minimum atomic E-state index is 0.141. The summed E-state index contributed by atoms with van der Waals surface area (Å²) in [6, 6.07) is 0.141. The Morgan fingerprint density at radius 2 is 2.06 bits per heavy atom. The molecule has 0 fully saturated rings. The zero-order chi connectivity index (χ0) is 12.4. The summed E-state index contributed by atoms with van der Waals surface area (Å²) in [6.45, 7) is 9.24. The topological polar surface area (TPSA) is 37.8 Å². The summed E-state index contributed by atoms with van der Waals surface area (Å²) in [5, 5.41) is 7.80. The summed E-state index contributed by atoms with van der Waals surface area (Å²) in [5.41, 5.74) is 2.21. The number of nitrogens with zero attached hydrogens (tertiary/aromatic N) is 2. The van der Waals surface area contributed by atoms with Gasteiger partial charge < -0.3 is 5.32 Å². The van der Waals surface area contributed by atoms with Crippen molar-refractivity contribution in [3.05, 3.63) is 31.7 Å². The first-order valence-electron chi connectivity index (χ1n) is 5.71. The lowest BCUT2D eigenvalue weighted by Crippen LogP contribution is -2.22. The molecule has 0 aliphatic carbocycles. The van der Waals surface area contributed by atoms with Crippen molar-refractivity contribution in [1.82, 2.24) is 15.3 Å². The molecule has 1 unspecified atom stereocenters. The largest absolute Gasteiger partial charge is 0.303 e. The summed E-state index contributed by atoms with van der Waals surface area (Å²) in [4.78, 5) is 10.5. The Kier molecular flexibility index (Phi) is 3.91. The van der Waals surface area contributed by atoms with Crippen LogP contribution in [0.5, 0.6) is 0 Å². The number of aryl methyl sites for hydroxylation is 3. The second-order valence-corrected chi connectivity index (χ2v) is 6.27. The van der Waals surface area contributed by atoms with Crippen molar-refractivity contribution in [1.29, 1.82) is 0 Å². The molecule has 0 saturated carbocycles. The van der Waals surface area contributed by atoms with Crippen molar-refractivity contribution in [2.24, 2.45) is 0 Å². The monoisotopic (exact) mass is 267 g/mol. The van der Waals surface area contributed by atoms with Crippen molar-refractivity contribution >= 4 is 22.7 Å². The SMILES string of the molecule is CCNC(c1csc(C)n1)c1nc(C)c(C)s1. The Balaban J connectivity index is 2.34. The van der Waals surface area contributed by atoms with Crippen LogP contribution in [0.2, 0.25) is 0 Å². The molecule has 5 heteroatoms. The molecule has 2 heterocycles. The molecule has 0 spiro atoms. The summed E-state index contributed by atoms with van der Waals surface area (Å²) in [6.07, 6.45) is 0. The van der Waals surface area contributed by atoms with Gasteiger partial charge in [0.15, 0.2) is 0 Å². The third-order valence-electron chi connectivity index (χ3n) is 2.63. The van der Waals surface area contributed by atoms with Gasteiger partial charge in [0.25, 0.3) is 0 Å². The first-order chi connectivity index (χ1) is 8.11. The lowest BCUT2D eigenvalue weighted by Gasteiger charge is -2.12. The van der Waals surface area contributed by atoms with E-state index in [9.17, 15) is 0 Å². The van der Waals surface area contributed by atoms with Gasteiger partial charge in [-0.15, -0.1) is 22.7 Å². The number of nitrogens with one attached hydrogen (secondary N) is 1. The lowest BCUT2D eigenvalue weighted by atomic mass is 10.2. The smallest absolute Gasteiger partial charge is 0.116 e. The Labute approximate surface area is 110 Å². The summed E-state index contributed by atoms with van der Waals surface area (Å²) >= 11 is 3.45. The first kappa shape index (κ1) is 12.7. The fraction of sp³-hybridized carbons (Fsp3) is 0.500. The molecule has 0 aromatic carbocycles. The molecular formula is C12H17N3S2. The zero-order valence-electron chi connectivity index (χ0n) is 10.6. The van der Waals surface area contributed by atoms with E-state index in [-0.39, 0.29) is 6.04 Å². The Hall–Kier alpha value is -0.780. The first-order valence-corrected chi connectivity index (χ1v) is 7.40. The van der Waals surface area contributed by atoms with Gasteiger partial charge in [0, 0.05) is 10.3 Å². The van der Waals surface area contributed by atoms with Crippen LogP contribution in [0, 0.1) is 20.8 Å². The predicted molar refractivity (Wildman–Crippen MR) is 74.0 cm³/mol. The molecular weight excluding hydrogens is 250 g/mol. The van der Waals surface area contributed by atoms with Gasteiger partial charge in [-0.1, -0.05) is 6.92 Å². The van der Waals surface area contributed by atoms with Crippen LogP contribution < -0.4 is 5.32 Å². The highest BCUT2D eigenvalue weighted by molar-refractivity contribution is 7.11. The summed E-state index contributed by atoms with van der Waals surface area (Å²) in [7, 11) is 0. The number of thiazole rings is 2. The van der Waals surface area contributed by atoms with E-state index >= 15 is 0 Å². The zero-order valence-corrected chi connectivity index (χ0v) is 12.2. The van der Waals surface area contributed by atoms with Crippen molar-refractivity contribution < 1.29 is 0 Å². The van der Waals surface area contributed by atoms with E-state index in [2.05, 4.69) is 41.4 Å². The maximum atomic E-state index is 4.64. The number of rotatable bonds is 4. The molecule has 17 heavy (non-hydrogen) atoms. The van der Waals surface area contributed by atoms with Crippen LogP contribution in [-0.4, -0.2) is 16.5 Å². The highest BCUT2D eigenvalue weighted by atomic mass is 32.1. The standard InChI is InChI=1S/C12H17N3S2/c1-5-13-11(10-6-16-9(4)15-10)12-14-7(2)8(3)17-12/h6,11,13H,5H2,1-4H3. The van der Waals surface area contributed by atoms with Gasteiger partial charge in [-0.05, 0) is 27.3 Å². The van der Waals surface area contributed by atoms with Crippen LogP contribution in [0.4, 0.5) is 0 Å². The van der Waals surface area contributed by atoms with E-state index in [4.69, 9.17) is 0 Å². The summed E-state index contributed by atoms with van der Waals surface area (Å²) in [5.74, 6) is 0. The van der Waals surface area contributed by atoms with E-state index in [1.54, 1.807) is 22.7 Å². The number of hydrogen-bond acceptors (Lipinski definition) is 5. The fourth-order valence-electron chi connectivity index (χ4n) is 1.66. The van der Waals surface area contributed by atoms with Gasteiger partial charge in [0.1, 0.15) is 11.0 Å². The van der Waals surface area contributed by atoms with Gasteiger partial charge in [-0.25, -0.2) is 9.97 Å². The quantitative estimate of drug-likeness (QED) is 0.924. The molecule has 0 aliphatic rings. The molecule has 1 N–H and O–H groups in total. The maximum absolute atomic E-state index is 4.64. The molecule has 0 aliphatic heterocycles. The fourth-order valence-corrected chi connectivity index (χ4v) is 3.31. The van der Waals surface area contributed by atoms with Crippen LogP contribution >= 0.6 is 22.7 Å². The van der Waals surface area contributed by atoms with E-state index in [0.29, 0.717) is 0 Å². The highest BCUT2D eigenvalue weighted by Crippen LogP contribution is 2.28. The third kappa shape index (κ3) is 2.73. The molecule has 0 radical (unpaired) electrons. The molecule has 2 aromatic heterocycles. The third-order valence-corrected chi connectivity index (χ3v) is 4.56. The Morgan fingerprint density at radius 3 is 2.53 bits per heavy atom. The van der Waals surface area contributed by atoms with Gasteiger partial charge in [-0.2, -0.15) is 0 Å². The van der Waals surface area contributed by atoms with Gasteiger partial charge in [0.05, 0.1) is 16.4 Å². The summed E-state index contributed by atoms with van der Waals surface area (Å²) < 4.78 is 0. The number of aromatic nitrogens is 2. The highest BCUT2D eigenvalue weighted by Gasteiger charge is 2.19. The second kappa shape index (κ2) is 5.25. The Morgan fingerprint density at radius 1 is 1.29 bits per heavy atom. The van der Waals surface area contributed by atoms with Crippen LogP contribution in [0.15, 0.2) is 5.38 Å². The molecule has 2 rings (SSSR count). The molecule has 2 aromatic rings. The van der Waals surface area contributed by atoms with Crippen LogP contribution in [0.1, 0.15) is 39.2 Å². The van der Waals surface area contributed by atoms with E-state index in [0.717, 1.165) is 27.9 Å². The van der Waals surface area contributed by atoms with Crippen molar-refractivity contribution in [3.8, 4) is 0 Å². The van der Waals surface area contributed by atoms with Crippen molar-refractivity contribution in [2.45, 2.75) is 33.7 Å².